The number of carboxylic acids is 1. The van der Waals surface area contributed by atoms with Crippen LogP contribution in [0.1, 0.15) is 16.8 Å². The van der Waals surface area contributed by atoms with Gasteiger partial charge in [0, 0.05) is 58.1 Å². The minimum absolute atomic E-state index is 0.0500. The van der Waals surface area contributed by atoms with Crippen molar-refractivity contribution in [2.45, 2.75) is 25.6 Å². The summed E-state index contributed by atoms with van der Waals surface area (Å²) in [7, 11) is 3.96. The zero-order valence-electron chi connectivity index (χ0n) is 17.1. The molecular formula is C19H23F3N6O3. The smallest absolute Gasteiger partial charge is 0.475 e. The van der Waals surface area contributed by atoms with Crippen molar-refractivity contribution in [3.8, 4) is 0 Å². The molecule has 2 N–H and O–H groups in total. The maximum atomic E-state index is 12.4. The summed E-state index contributed by atoms with van der Waals surface area (Å²) < 4.78 is 31.7. The summed E-state index contributed by atoms with van der Waals surface area (Å²) in [4.78, 5) is 38.0. The quantitative estimate of drug-likeness (QED) is 0.750. The summed E-state index contributed by atoms with van der Waals surface area (Å²) in [6.45, 7) is 1.81. The Balaban J connectivity index is 0.000000423. The predicted molar refractivity (Wildman–Crippen MR) is 106 cm³/mol. The van der Waals surface area contributed by atoms with Gasteiger partial charge in [-0.1, -0.05) is 6.07 Å². The van der Waals surface area contributed by atoms with Gasteiger partial charge in [-0.3, -0.25) is 4.98 Å². The number of pyridine rings is 1. The number of carboxylic acid groups (broad SMARTS) is 1. The zero-order chi connectivity index (χ0) is 23.0. The number of nitrogens with zero attached hydrogens (tertiary/aromatic N) is 5. The fourth-order valence-electron chi connectivity index (χ4n) is 2.89. The van der Waals surface area contributed by atoms with E-state index in [1.165, 1.54) is 0 Å². The lowest BCUT2D eigenvalue weighted by molar-refractivity contribution is -0.192. The molecule has 0 saturated carbocycles. The molecule has 0 saturated heterocycles. The van der Waals surface area contributed by atoms with Crippen LogP contribution in [0, 0.1) is 0 Å². The van der Waals surface area contributed by atoms with Gasteiger partial charge in [-0.2, -0.15) is 13.2 Å². The molecular weight excluding hydrogens is 417 g/mol. The molecule has 9 nitrogen and oxygen atoms in total. The lowest BCUT2D eigenvalue weighted by Gasteiger charge is -2.21. The molecule has 0 radical (unpaired) electrons. The van der Waals surface area contributed by atoms with Crippen LogP contribution in [-0.4, -0.2) is 70.3 Å². The van der Waals surface area contributed by atoms with E-state index >= 15 is 0 Å². The van der Waals surface area contributed by atoms with Gasteiger partial charge in [0.15, 0.2) is 0 Å². The molecule has 2 aromatic rings. The highest BCUT2D eigenvalue weighted by Crippen LogP contribution is 2.22. The van der Waals surface area contributed by atoms with Crippen LogP contribution < -0.4 is 10.2 Å². The van der Waals surface area contributed by atoms with Crippen LogP contribution in [-0.2, 0) is 24.2 Å². The van der Waals surface area contributed by atoms with Crippen LogP contribution in [0.15, 0.2) is 30.9 Å². The maximum Gasteiger partial charge on any atom is 0.490 e. The fraction of sp³-hybridized carbons (Fsp3) is 0.421. The summed E-state index contributed by atoms with van der Waals surface area (Å²) in [6, 6.07) is 3.77. The van der Waals surface area contributed by atoms with Gasteiger partial charge < -0.3 is 20.2 Å². The highest BCUT2D eigenvalue weighted by atomic mass is 19.4. The monoisotopic (exact) mass is 440 g/mol. The summed E-state index contributed by atoms with van der Waals surface area (Å²) in [5.41, 5.74) is 3.17. The molecule has 3 rings (SSSR count). The molecule has 2 aromatic heterocycles. The Morgan fingerprint density at radius 1 is 1.23 bits per heavy atom. The number of hydrogen-bond acceptors (Lipinski definition) is 6. The summed E-state index contributed by atoms with van der Waals surface area (Å²) >= 11 is 0. The second-order valence-corrected chi connectivity index (χ2v) is 6.83. The minimum atomic E-state index is -5.08. The number of aromatic nitrogens is 3. The molecule has 1 aliphatic rings. The maximum absolute atomic E-state index is 12.4. The average molecular weight is 440 g/mol. The lowest BCUT2D eigenvalue weighted by Crippen LogP contribution is -2.41. The largest absolute Gasteiger partial charge is 0.490 e. The first-order valence-corrected chi connectivity index (χ1v) is 9.31. The molecule has 0 aliphatic carbocycles. The van der Waals surface area contributed by atoms with Crippen molar-refractivity contribution in [3.05, 3.63) is 47.7 Å². The van der Waals surface area contributed by atoms with Gasteiger partial charge in [0.1, 0.15) is 12.1 Å². The molecule has 0 fully saturated rings. The molecule has 12 heteroatoms. The topological polar surface area (TPSA) is 112 Å². The molecule has 168 valence electrons. The van der Waals surface area contributed by atoms with Crippen molar-refractivity contribution in [1.29, 1.82) is 0 Å². The third-order valence-corrected chi connectivity index (χ3v) is 4.38. The van der Waals surface area contributed by atoms with Gasteiger partial charge in [-0.25, -0.2) is 19.6 Å². The van der Waals surface area contributed by atoms with Gasteiger partial charge in [0.05, 0.1) is 5.69 Å². The summed E-state index contributed by atoms with van der Waals surface area (Å²) in [6.07, 6.45) is 1.52. The molecule has 1 aliphatic heterocycles. The van der Waals surface area contributed by atoms with Gasteiger partial charge in [0.2, 0.25) is 0 Å². The minimum Gasteiger partial charge on any atom is -0.475 e. The van der Waals surface area contributed by atoms with E-state index in [9.17, 15) is 18.0 Å². The van der Waals surface area contributed by atoms with Crippen molar-refractivity contribution in [2.75, 3.05) is 32.1 Å². The van der Waals surface area contributed by atoms with Crippen LogP contribution in [0.3, 0.4) is 0 Å². The van der Waals surface area contributed by atoms with Crippen LogP contribution in [0.2, 0.25) is 0 Å². The molecule has 3 heterocycles. The standard InChI is InChI=1S/C17H22N6O.C2HF3O2/c1-22(2)16-14-5-8-23(9-6-15(14)20-12-21-16)17(24)19-11-13-4-3-7-18-10-13;3-2(4,5)1(6)7/h3-4,7,10,12H,5-6,8-9,11H2,1-2H3,(H,19,24);(H,6,7). The SMILES string of the molecule is CN(C)c1ncnc2c1CCN(C(=O)NCc1cccnc1)CC2.O=C(O)C(F)(F)F. The average Bonchev–Trinajstić information content (AvgIpc) is 2.95. The van der Waals surface area contributed by atoms with Crippen molar-refractivity contribution in [1.82, 2.24) is 25.2 Å². The number of nitrogens with one attached hydrogen (secondary N) is 1. The first-order valence-electron chi connectivity index (χ1n) is 9.31. The number of fused-ring (bicyclic) bond motifs is 1. The number of carbonyl (C=O) groups is 2. The van der Waals surface area contributed by atoms with Gasteiger partial charge in [0.25, 0.3) is 0 Å². The Morgan fingerprint density at radius 3 is 2.48 bits per heavy atom. The van der Waals surface area contributed by atoms with E-state index in [0.29, 0.717) is 19.6 Å². The molecule has 0 unspecified atom stereocenters. The Bertz CT molecular complexity index is 893. The second kappa shape index (κ2) is 10.5. The summed E-state index contributed by atoms with van der Waals surface area (Å²) in [5, 5.41) is 10.1. The van der Waals surface area contributed by atoms with Crippen LogP contribution in [0.25, 0.3) is 0 Å². The highest BCUT2D eigenvalue weighted by Gasteiger charge is 2.38. The van der Waals surface area contributed by atoms with E-state index in [0.717, 1.165) is 35.5 Å². The number of rotatable bonds is 3. The number of aliphatic carboxylic acids is 1. The van der Waals surface area contributed by atoms with E-state index < -0.39 is 12.1 Å². The number of carbonyl (C=O) groups excluding carboxylic acids is 1. The Hall–Kier alpha value is -3.44. The lowest BCUT2D eigenvalue weighted by atomic mass is 10.1. The fourth-order valence-corrected chi connectivity index (χ4v) is 2.89. The zero-order valence-corrected chi connectivity index (χ0v) is 17.1. The van der Waals surface area contributed by atoms with Crippen molar-refractivity contribution in [2.24, 2.45) is 0 Å². The highest BCUT2D eigenvalue weighted by molar-refractivity contribution is 5.74. The molecule has 2 amide bonds. The van der Waals surface area contributed by atoms with Crippen molar-refractivity contribution in [3.63, 3.8) is 0 Å². The van der Waals surface area contributed by atoms with E-state index in [2.05, 4.69) is 20.3 Å². The van der Waals surface area contributed by atoms with E-state index in [1.807, 2.05) is 36.0 Å². The molecule has 0 atom stereocenters. The number of alkyl halides is 3. The third-order valence-electron chi connectivity index (χ3n) is 4.38. The van der Waals surface area contributed by atoms with Gasteiger partial charge in [-0.15, -0.1) is 0 Å². The number of amides is 2. The van der Waals surface area contributed by atoms with Crippen LogP contribution in [0.4, 0.5) is 23.8 Å². The second-order valence-electron chi connectivity index (χ2n) is 6.83. The van der Waals surface area contributed by atoms with E-state index in [-0.39, 0.29) is 6.03 Å². The molecule has 0 spiro atoms. The molecule has 31 heavy (non-hydrogen) atoms. The van der Waals surface area contributed by atoms with E-state index in [1.54, 1.807) is 18.7 Å². The van der Waals surface area contributed by atoms with Crippen molar-refractivity contribution >= 4 is 17.8 Å². The van der Waals surface area contributed by atoms with Crippen LogP contribution in [0.5, 0.6) is 0 Å². The normalized spacial score (nSPS) is 13.3. The predicted octanol–water partition coefficient (Wildman–Crippen LogP) is 1.88. The number of urea groups is 1. The number of halogens is 3. The Morgan fingerprint density at radius 2 is 1.90 bits per heavy atom. The number of hydrogen-bond donors (Lipinski definition) is 2. The summed E-state index contributed by atoms with van der Waals surface area (Å²) in [5.74, 6) is -1.81. The van der Waals surface area contributed by atoms with Crippen molar-refractivity contribution < 1.29 is 27.9 Å². The third kappa shape index (κ3) is 7.08. The van der Waals surface area contributed by atoms with E-state index in [4.69, 9.17) is 9.90 Å². The number of anilines is 1. The van der Waals surface area contributed by atoms with Crippen LogP contribution >= 0.6 is 0 Å². The molecule has 0 aromatic carbocycles. The molecule has 0 bridgehead atoms. The first kappa shape index (κ1) is 23.8. The first-order chi connectivity index (χ1) is 14.6. The Labute approximate surface area is 176 Å². The van der Waals surface area contributed by atoms with Gasteiger partial charge in [-0.05, 0) is 18.1 Å². The Kier molecular flexibility index (Phi) is 8.11. The van der Waals surface area contributed by atoms with Gasteiger partial charge >= 0.3 is 18.2 Å².